The van der Waals surface area contributed by atoms with Crippen LogP contribution in [0, 0.1) is 6.92 Å². The van der Waals surface area contributed by atoms with E-state index in [0.29, 0.717) is 5.82 Å². The molecular formula is C23H20N6. The third kappa shape index (κ3) is 2.89. The van der Waals surface area contributed by atoms with Crippen molar-refractivity contribution in [2.24, 2.45) is 0 Å². The molecule has 0 fully saturated rings. The predicted molar refractivity (Wildman–Crippen MR) is 115 cm³/mol. The van der Waals surface area contributed by atoms with Crippen LogP contribution in [0.1, 0.15) is 18.2 Å². The largest absolute Gasteiger partial charge is 0.348 e. The van der Waals surface area contributed by atoms with Gasteiger partial charge in [-0.05, 0) is 49.8 Å². The fourth-order valence-electron chi connectivity index (χ4n) is 3.66. The fourth-order valence-corrected chi connectivity index (χ4v) is 3.66. The first-order valence-electron chi connectivity index (χ1n) is 9.65. The zero-order chi connectivity index (χ0) is 19.8. The number of pyridine rings is 1. The van der Waals surface area contributed by atoms with E-state index >= 15 is 0 Å². The number of aromatic nitrogens is 5. The maximum atomic E-state index is 4.65. The Labute approximate surface area is 168 Å². The maximum Gasteiger partial charge on any atom is 0.203 e. The highest BCUT2D eigenvalue weighted by Crippen LogP contribution is 2.32. The van der Waals surface area contributed by atoms with Crippen LogP contribution in [0.5, 0.6) is 0 Å². The number of hydrogen-bond donors (Lipinski definition) is 0. The van der Waals surface area contributed by atoms with E-state index in [1.54, 1.807) is 10.7 Å². The summed E-state index contributed by atoms with van der Waals surface area (Å²) in [7, 11) is 0. The van der Waals surface area contributed by atoms with Crippen LogP contribution in [-0.4, -0.2) is 31.3 Å². The summed E-state index contributed by atoms with van der Waals surface area (Å²) in [6.07, 6.45) is 10.2. The van der Waals surface area contributed by atoms with Gasteiger partial charge in [-0.3, -0.25) is 4.98 Å². The smallest absolute Gasteiger partial charge is 0.203 e. The fraction of sp³-hybridized carbons (Fsp3) is 0.130. The molecule has 4 aromatic rings. The molecule has 1 aliphatic heterocycles. The third-order valence-electron chi connectivity index (χ3n) is 5.14. The van der Waals surface area contributed by atoms with Crippen molar-refractivity contribution in [1.82, 2.24) is 24.8 Å². The number of allylic oxidation sites excluding steroid dienone is 3. The second kappa shape index (κ2) is 6.98. The van der Waals surface area contributed by atoms with Crippen LogP contribution in [0.3, 0.4) is 0 Å². The second-order valence-corrected chi connectivity index (χ2v) is 6.88. The Morgan fingerprint density at radius 2 is 1.86 bits per heavy atom. The standard InChI is InChI=1S/C23H20N6/c1-3-28-15-13-17(19-8-4-5-10-21(19)28)11-12-18-16(2)27-29-22(18)25-26-23(29)20-9-6-7-14-24-20/h4-15H,3H2,1-2H3/b17-11+,18-12-. The third-order valence-corrected chi connectivity index (χ3v) is 5.14. The number of benzene rings is 1. The topological polar surface area (TPSA) is 59.2 Å². The maximum absolute atomic E-state index is 4.65. The minimum absolute atomic E-state index is 0.650. The molecule has 4 heterocycles. The summed E-state index contributed by atoms with van der Waals surface area (Å²) in [5.41, 5.74) is 6.01. The van der Waals surface area contributed by atoms with Crippen LogP contribution in [0.25, 0.3) is 28.8 Å². The molecular weight excluding hydrogens is 360 g/mol. The van der Waals surface area contributed by atoms with Crippen molar-refractivity contribution in [3.05, 3.63) is 83.5 Å². The van der Waals surface area contributed by atoms with Gasteiger partial charge in [-0.2, -0.15) is 9.61 Å². The average Bonchev–Trinajstić information content (AvgIpc) is 3.31. The van der Waals surface area contributed by atoms with Crippen LogP contribution >= 0.6 is 0 Å². The molecule has 0 N–H and O–H groups in total. The van der Waals surface area contributed by atoms with Gasteiger partial charge < -0.3 is 4.90 Å². The van der Waals surface area contributed by atoms with E-state index in [2.05, 4.69) is 80.8 Å². The van der Waals surface area contributed by atoms with Gasteiger partial charge in [0, 0.05) is 35.4 Å². The molecule has 1 aliphatic rings. The van der Waals surface area contributed by atoms with Gasteiger partial charge in [-0.15, -0.1) is 10.2 Å². The van der Waals surface area contributed by atoms with Crippen LogP contribution in [0.4, 0.5) is 5.69 Å². The SMILES string of the molecule is CCN1C=C/C(=C\C=c2\c(C)nn3c(-c4ccccn4)nnc23)c2ccccc21. The quantitative estimate of drug-likeness (QED) is 0.545. The summed E-state index contributed by atoms with van der Waals surface area (Å²) >= 11 is 0. The molecule has 29 heavy (non-hydrogen) atoms. The Kier molecular flexibility index (Phi) is 4.17. The monoisotopic (exact) mass is 380 g/mol. The molecule has 0 saturated carbocycles. The molecule has 142 valence electrons. The minimum atomic E-state index is 0.650. The van der Waals surface area contributed by atoms with Crippen LogP contribution in [0.2, 0.25) is 0 Å². The summed E-state index contributed by atoms with van der Waals surface area (Å²) < 4.78 is 1.77. The molecule has 1 aromatic carbocycles. The van der Waals surface area contributed by atoms with Gasteiger partial charge in [-0.1, -0.05) is 30.3 Å². The Bertz CT molecular complexity index is 1300. The van der Waals surface area contributed by atoms with E-state index in [9.17, 15) is 0 Å². The lowest BCUT2D eigenvalue weighted by molar-refractivity contribution is 0.930. The van der Waals surface area contributed by atoms with Crippen LogP contribution < -0.4 is 10.1 Å². The summed E-state index contributed by atoms with van der Waals surface area (Å²) in [5.74, 6) is 0.650. The molecule has 3 aromatic heterocycles. The van der Waals surface area contributed by atoms with E-state index in [4.69, 9.17) is 0 Å². The summed E-state index contributed by atoms with van der Waals surface area (Å²) in [4.78, 5) is 6.62. The number of fused-ring (bicyclic) bond motifs is 2. The van der Waals surface area contributed by atoms with E-state index < -0.39 is 0 Å². The number of hydrogen-bond acceptors (Lipinski definition) is 5. The van der Waals surface area contributed by atoms with Gasteiger partial charge in [0.25, 0.3) is 0 Å². The lowest BCUT2D eigenvalue weighted by Crippen LogP contribution is -2.18. The highest BCUT2D eigenvalue weighted by molar-refractivity contribution is 5.88. The average molecular weight is 380 g/mol. The highest BCUT2D eigenvalue weighted by Gasteiger charge is 2.15. The van der Waals surface area contributed by atoms with E-state index in [1.165, 1.54) is 11.3 Å². The van der Waals surface area contributed by atoms with Crippen molar-refractivity contribution in [3.63, 3.8) is 0 Å². The number of aryl methyl sites for hydroxylation is 1. The summed E-state index contributed by atoms with van der Waals surface area (Å²) in [6, 6.07) is 14.2. The molecule has 0 unspecified atom stereocenters. The lowest BCUT2D eigenvalue weighted by atomic mass is 9.99. The van der Waals surface area contributed by atoms with E-state index in [-0.39, 0.29) is 0 Å². The van der Waals surface area contributed by atoms with Gasteiger partial charge >= 0.3 is 0 Å². The van der Waals surface area contributed by atoms with Gasteiger partial charge in [0.2, 0.25) is 5.82 Å². The first-order chi connectivity index (χ1) is 14.3. The molecule has 0 aliphatic carbocycles. The van der Waals surface area contributed by atoms with Crippen LogP contribution in [-0.2, 0) is 0 Å². The van der Waals surface area contributed by atoms with Crippen molar-refractivity contribution in [2.45, 2.75) is 13.8 Å². The van der Waals surface area contributed by atoms with E-state index in [1.807, 2.05) is 25.1 Å². The van der Waals surface area contributed by atoms with E-state index in [0.717, 1.165) is 34.4 Å². The number of nitrogens with zero attached hydrogens (tertiary/aromatic N) is 6. The Morgan fingerprint density at radius 3 is 2.69 bits per heavy atom. The van der Waals surface area contributed by atoms with Crippen molar-refractivity contribution >= 4 is 23.0 Å². The summed E-state index contributed by atoms with van der Waals surface area (Å²) in [6.45, 7) is 5.08. The van der Waals surface area contributed by atoms with Crippen molar-refractivity contribution < 1.29 is 0 Å². The number of para-hydroxylation sites is 1. The molecule has 6 nitrogen and oxygen atoms in total. The normalized spacial score (nSPS) is 15.4. The molecule has 0 bridgehead atoms. The van der Waals surface area contributed by atoms with Gasteiger partial charge in [-0.25, -0.2) is 0 Å². The molecule has 6 heteroatoms. The zero-order valence-corrected chi connectivity index (χ0v) is 16.3. The number of anilines is 1. The molecule has 0 amide bonds. The summed E-state index contributed by atoms with van der Waals surface area (Å²) in [5, 5.41) is 14.3. The Balaban J connectivity index is 1.62. The van der Waals surface area contributed by atoms with Crippen LogP contribution in [0.15, 0.2) is 67.0 Å². The molecule has 0 radical (unpaired) electrons. The molecule has 5 rings (SSSR count). The number of rotatable bonds is 3. The molecule has 0 atom stereocenters. The predicted octanol–water partition coefficient (Wildman–Crippen LogP) is 3.43. The van der Waals surface area contributed by atoms with Gasteiger partial charge in [0.05, 0.1) is 5.69 Å². The second-order valence-electron chi connectivity index (χ2n) is 6.88. The molecule has 0 saturated heterocycles. The Hall–Kier alpha value is -3.80. The first kappa shape index (κ1) is 17.3. The van der Waals surface area contributed by atoms with Crippen molar-refractivity contribution in [2.75, 3.05) is 11.4 Å². The minimum Gasteiger partial charge on any atom is -0.348 e. The Morgan fingerprint density at radius 1 is 1.00 bits per heavy atom. The van der Waals surface area contributed by atoms with Gasteiger partial charge in [0.1, 0.15) is 5.69 Å². The van der Waals surface area contributed by atoms with Gasteiger partial charge in [0.15, 0.2) is 5.65 Å². The zero-order valence-electron chi connectivity index (χ0n) is 16.3. The first-order valence-corrected chi connectivity index (χ1v) is 9.65. The molecule has 0 spiro atoms. The highest BCUT2D eigenvalue weighted by atomic mass is 15.4. The van der Waals surface area contributed by atoms with Crippen molar-refractivity contribution in [3.8, 4) is 11.5 Å². The van der Waals surface area contributed by atoms with Crippen molar-refractivity contribution in [1.29, 1.82) is 0 Å². The lowest BCUT2D eigenvalue weighted by Gasteiger charge is -2.26.